The molecule has 12 heteroatoms. The van der Waals surface area contributed by atoms with Crippen molar-refractivity contribution in [2.45, 2.75) is 116 Å². The smallest absolute Gasteiger partial charge is 0.408 e. The van der Waals surface area contributed by atoms with E-state index < -0.39 is 76.7 Å². The Morgan fingerprint density at radius 3 is 2.53 bits per heavy atom. The second kappa shape index (κ2) is 13.1. The van der Waals surface area contributed by atoms with Crippen LogP contribution in [-0.4, -0.2) is 65.6 Å². The van der Waals surface area contributed by atoms with E-state index in [0.717, 1.165) is 12.8 Å². The molecular formula is C35H46F3N3O6. The van der Waals surface area contributed by atoms with E-state index in [0.29, 0.717) is 37.7 Å². The highest BCUT2D eigenvalue weighted by molar-refractivity contribution is 5.89. The predicted octanol–water partition coefficient (Wildman–Crippen LogP) is 6.93. The van der Waals surface area contributed by atoms with Gasteiger partial charge in [-0.3, -0.25) is 4.79 Å². The maximum absolute atomic E-state index is 16.2. The van der Waals surface area contributed by atoms with Gasteiger partial charge in [-0.25, -0.2) is 22.9 Å². The second-order valence-corrected chi connectivity index (χ2v) is 14.5. The zero-order chi connectivity index (χ0) is 34.3. The van der Waals surface area contributed by atoms with E-state index in [1.165, 1.54) is 30.2 Å². The number of pyridine rings is 1. The molecule has 2 bridgehead atoms. The van der Waals surface area contributed by atoms with Gasteiger partial charge in [0.2, 0.25) is 11.8 Å². The van der Waals surface area contributed by atoms with E-state index in [4.69, 9.17) is 14.2 Å². The first-order valence-electron chi connectivity index (χ1n) is 16.6. The molecule has 2 aromatic rings. The number of nitrogens with one attached hydrogen (secondary N) is 1. The summed E-state index contributed by atoms with van der Waals surface area (Å²) in [7, 11) is 1.43. The topological polar surface area (TPSA) is 107 Å². The quantitative estimate of drug-likeness (QED) is 0.356. The minimum atomic E-state index is -3.64. The molecule has 9 nitrogen and oxygen atoms in total. The lowest BCUT2D eigenvalue weighted by Crippen LogP contribution is -2.57. The molecule has 47 heavy (non-hydrogen) atoms. The number of aromatic nitrogens is 1. The molecule has 2 amide bonds. The van der Waals surface area contributed by atoms with Crippen LogP contribution < -0.4 is 14.8 Å². The molecule has 3 heterocycles. The highest BCUT2D eigenvalue weighted by Crippen LogP contribution is 2.46. The van der Waals surface area contributed by atoms with Gasteiger partial charge in [0.15, 0.2) is 0 Å². The van der Waals surface area contributed by atoms with Crippen molar-refractivity contribution in [1.29, 1.82) is 0 Å². The monoisotopic (exact) mass is 661 g/mol. The Morgan fingerprint density at radius 2 is 1.87 bits per heavy atom. The van der Waals surface area contributed by atoms with E-state index in [1.54, 1.807) is 27.7 Å². The van der Waals surface area contributed by atoms with Crippen molar-refractivity contribution in [2.24, 2.45) is 17.3 Å². The van der Waals surface area contributed by atoms with Gasteiger partial charge in [0.25, 0.3) is 5.92 Å². The second-order valence-electron chi connectivity index (χ2n) is 14.5. The average molecular weight is 662 g/mol. The first-order chi connectivity index (χ1) is 22.1. The highest BCUT2D eigenvalue weighted by Gasteiger charge is 2.50. The summed E-state index contributed by atoms with van der Waals surface area (Å²) >= 11 is 0. The molecule has 1 N–H and O–H groups in total. The van der Waals surface area contributed by atoms with E-state index in [2.05, 4.69) is 10.3 Å². The van der Waals surface area contributed by atoms with Crippen LogP contribution in [0.4, 0.5) is 18.0 Å². The average Bonchev–Trinajstić information content (AvgIpc) is 3.54. The fourth-order valence-electron chi connectivity index (χ4n) is 7.63. The summed E-state index contributed by atoms with van der Waals surface area (Å²) in [6, 6.07) is 2.23. The molecular weight excluding hydrogens is 615 g/mol. The van der Waals surface area contributed by atoms with Gasteiger partial charge in [0.05, 0.1) is 25.2 Å². The standard InChI is InChI=1S/C35H46F3N3O6/c1-7-22-25(19-42)41-18-26(22)46-30-27(28(36)23-14-13-21(45-6)17-24(23)39-30)35(37,38)16-9-8-11-20-12-10-15-34(20,5)47-32(44)40-29(31(41)43)33(2,3)4/h13-14,17,19-20,22,25-26,29H,7-12,15-16,18H2,1-6H3,(H,40,44)/t20-,22+,25-,26+,29-,34-/m1/s1. The molecule has 2 fully saturated rings. The molecule has 1 aliphatic carbocycles. The molecule has 1 aromatic heterocycles. The fourth-order valence-corrected chi connectivity index (χ4v) is 7.63. The maximum Gasteiger partial charge on any atom is 0.408 e. The van der Waals surface area contributed by atoms with Gasteiger partial charge in [-0.05, 0) is 68.9 Å². The number of alkyl carbamates (subject to hydrolysis) is 1. The fraction of sp³-hybridized carbons (Fsp3) is 0.657. The van der Waals surface area contributed by atoms with E-state index in [9.17, 15) is 14.4 Å². The van der Waals surface area contributed by atoms with Gasteiger partial charge < -0.3 is 29.2 Å². The number of hydrogen-bond donors (Lipinski definition) is 1. The van der Waals surface area contributed by atoms with Crippen LogP contribution in [0.5, 0.6) is 11.6 Å². The molecule has 0 unspecified atom stereocenters. The van der Waals surface area contributed by atoms with Crippen molar-refractivity contribution in [3.05, 3.63) is 29.6 Å². The number of nitrogens with zero attached hydrogens (tertiary/aromatic N) is 2. The zero-order valence-corrected chi connectivity index (χ0v) is 28.0. The molecule has 258 valence electrons. The van der Waals surface area contributed by atoms with Crippen LogP contribution >= 0.6 is 0 Å². The molecule has 6 atom stereocenters. The number of fused-ring (bicyclic) bond motifs is 5. The van der Waals surface area contributed by atoms with Crippen LogP contribution in [-0.2, 0) is 20.2 Å². The third-order valence-corrected chi connectivity index (χ3v) is 10.4. The number of aldehydes is 1. The molecule has 0 spiro atoms. The van der Waals surface area contributed by atoms with Crippen LogP contribution in [0.25, 0.3) is 10.9 Å². The van der Waals surface area contributed by atoms with Crippen LogP contribution in [0.15, 0.2) is 18.2 Å². The van der Waals surface area contributed by atoms with Crippen LogP contribution in [0, 0.1) is 23.1 Å². The number of carbonyl (C=O) groups excluding carboxylic acids is 3. The molecule has 2 aliphatic heterocycles. The van der Waals surface area contributed by atoms with Crippen molar-refractivity contribution >= 4 is 29.2 Å². The first kappa shape index (κ1) is 34.8. The SMILES string of the molecule is CC[C@@H]1[C@@H]2CN(C(=O)[C@H](C(C)(C)C)NC(=O)O[C@]3(C)CCC[C@H]3CCCCC(F)(F)c3c(nc4cc(OC)ccc4c3F)O2)[C@@H]1C=O. The van der Waals surface area contributed by atoms with Gasteiger partial charge in [-0.2, -0.15) is 0 Å². The van der Waals surface area contributed by atoms with Crippen molar-refractivity contribution in [3.63, 3.8) is 0 Å². The van der Waals surface area contributed by atoms with Crippen molar-refractivity contribution in [1.82, 2.24) is 15.2 Å². The number of amides is 2. The third-order valence-electron chi connectivity index (χ3n) is 10.4. The first-order valence-corrected chi connectivity index (χ1v) is 16.6. The highest BCUT2D eigenvalue weighted by atomic mass is 19.3. The molecule has 5 rings (SSSR count). The Hall–Kier alpha value is -3.57. The lowest BCUT2D eigenvalue weighted by molar-refractivity contribution is -0.139. The maximum atomic E-state index is 16.2. The predicted molar refractivity (Wildman–Crippen MR) is 169 cm³/mol. The Morgan fingerprint density at radius 1 is 1.15 bits per heavy atom. The number of alkyl halides is 2. The molecule has 1 saturated carbocycles. The van der Waals surface area contributed by atoms with Crippen molar-refractivity contribution in [2.75, 3.05) is 13.7 Å². The van der Waals surface area contributed by atoms with Gasteiger partial charge >= 0.3 is 6.09 Å². The zero-order valence-electron chi connectivity index (χ0n) is 28.0. The van der Waals surface area contributed by atoms with Gasteiger partial charge in [-0.1, -0.05) is 34.1 Å². The summed E-state index contributed by atoms with van der Waals surface area (Å²) in [5.74, 6) is -6.20. The summed E-state index contributed by atoms with van der Waals surface area (Å²) in [5, 5.41) is 2.69. The molecule has 3 aliphatic rings. The Kier molecular flexibility index (Phi) is 9.72. The third kappa shape index (κ3) is 6.74. The van der Waals surface area contributed by atoms with Crippen LogP contribution in [0.3, 0.4) is 0 Å². The Labute approximate surface area is 273 Å². The van der Waals surface area contributed by atoms with E-state index in [1.807, 2.05) is 6.92 Å². The lowest BCUT2D eigenvalue weighted by Gasteiger charge is -2.37. The van der Waals surface area contributed by atoms with E-state index in [-0.39, 0.29) is 29.8 Å². The number of methoxy groups -OCH3 is 1. The number of ether oxygens (including phenoxy) is 3. The Bertz CT molecular complexity index is 1510. The van der Waals surface area contributed by atoms with Crippen LogP contribution in [0.2, 0.25) is 0 Å². The lowest BCUT2D eigenvalue weighted by atomic mass is 9.85. The summed E-state index contributed by atoms with van der Waals surface area (Å²) in [6.07, 6.45) is 1.85. The Balaban J connectivity index is 1.63. The van der Waals surface area contributed by atoms with Gasteiger partial charge in [0, 0.05) is 23.8 Å². The van der Waals surface area contributed by atoms with Crippen LogP contribution in [0.1, 0.15) is 91.5 Å². The minimum absolute atomic E-state index is 0.0680. The minimum Gasteiger partial charge on any atom is -0.497 e. The largest absolute Gasteiger partial charge is 0.497 e. The van der Waals surface area contributed by atoms with Crippen molar-refractivity contribution in [3.8, 4) is 11.6 Å². The molecule has 1 aromatic carbocycles. The number of halogens is 3. The number of carbonyl (C=O) groups is 3. The summed E-state index contributed by atoms with van der Waals surface area (Å²) < 4.78 is 66.0. The summed E-state index contributed by atoms with van der Waals surface area (Å²) in [6.45, 7) is 8.87. The summed E-state index contributed by atoms with van der Waals surface area (Å²) in [5.41, 5.74) is -2.48. The number of rotatable bonds is 3. The van der Waals surface area contributed by atoms with Gasteiger partial charge in [-0.15, -0.1) is 0 Å². The van der Waals surface area contributed by atoms with E-state index >= 15 is 13.2 Å². The number of hydrogen-bond acceptors (Lipinski definition) is 7. The molecule has 1 saturated heterocycles. The van der Waals surface area contributed by atoms with Gasteiger partial charge in [0.1, 0.15) is 41.2 Å². The normalized spacial score (nSPS) is 30.3. The molecule has 0 radical (unpaired) electrons. The number of benzene rings is 1. The van der Waals surface area contributed by atoms with Crippen molar-refractivity contribution < 1.29 is 41.8 Å². The summed E-state index contributed by atoms with van der Waals surface area (Å²) in [4.78, 5) is 45.8.